The first-order valence-corrected chi connectivity index (χ1v) is 8.03. The van der Waals surface area contributed by atoms with Crippen LogP contribution >= 0.6 is 0 Å². The molecular weight excluding hydrogens is 352 g/mol. The number of anilines is 3. The van der Waals surface area contributed by atoms with E-state index >= 15 is 0 Å². The van der Waals surface area contributed by atoms with Gasteiger partial charge in [0.25, 0.3) is 5.91 Å². The molecule has 0 saturated carbocycles. The summed E-state index contributed by atoms with van der Waals surface area (Å²) in [4.78, 5) is 27.9. The number of ketones is 1. The van der Waals surface area contributed by atoms with Gasteiger partial charge in [0, 0.05) is 29.1 Å². The second-order valence-electron chi connectivity index (χ2n) is 5.77. The Kier molecular flexibility index (Phi) is 5.21. The molecule has 0 radical (unpaired) electrons. The van der Waals surface area contributed by atoms with Crippen molar-refractivity contribution in [2.45, 2.75) is 6.92 Å². The lowest BCUT2D eigenvalue weighted by Gasteiger charge is -2.09. The van der Waals surface area contributed by atoms with Crippen molar-refractivity contribution in [2.24, 2.45) is 0 Å². The summed E-state index contributed by atoms with van der Waals surface area (Å²) in [6.45, 7) is 1.44. The van der Waals surface area contributed by atoms with Gasteiger partial charge in [-0.05, 0) is 43.3 Å². The molecule has 3 rings (SSSR count). The van der Waals surface area contributed by atoms with Gasteiger partial charge in [-0.2, -0.15) is 0 Å². The van der Waals surface area contributed by atoms with E-state index in [9.17, 15) is 18.4 Å². The zero-order valence-corrected chi connectivity index (χ0v) is 14.3. The van der Waals surface area contributed by atoms with Crippen LogP contribution in [0.1, 0.15) is 27.6 Å². The largest absolute Gasteiger partial charge is 0.338 e. The maximum Gasteiger partial charge on any atom is 0.255 e. The number of rotatable bonds is 5. The summed E-state index contributed by atoms with van der Waals surface area (Å²) in [5.74, 6) is -1.76. The molecule has 0 unspecified atom stereocenters. The van der Waals surface area contributed by atoms with Crippen LogP contribution in [0.4, 0.5) is 26.0 Å². The van der Waals surface area contributed by atoms with Gasteiger partial charge in [-0.1, -0.05) is 12.1 Å². The second kappa shape index (κ2) is 7.74. The van der Waals surface area contributed by atoms with E-state index in [-0.39, 0.29) is 22.9 Å². The summed E-state index contributed by atoms with van der Waals surface area (Å²) < 4.78 is 26.7. The Morgan fingerprint density at radius 1 is 0.963 bits per heavy atom. The average Bonchev–Trinajstić information content (AvgIpc) is 2.64. The molecule has 0 aliphatic heterocycles. The molecule has 0 saturated heterocycles. The number of nitrogens with one attached hydrogen (secondary N) is 2. The number of pyridine rings is 1. The molecule has 2 aromatic carbocycles. The van der Waals surface area contributed by atoms with Crippen LogP contribution in [0.5, 0.6) is 0 Å². The third-order valence-electron chi connectivity index (χ3n) is 3.74. The Morgan fingerprint density at radius 2 is 1.78 bits per heavy atom. The predicted octanol–water partition coefficient (Wildman–Crippen LogP) is 4.56. The van der Waals surface area contributed by atoms with Crippen molar-refractivity contribution in [3.05, 3.63) is 83.6 Å². The Morgan fingerprint density at radius 3 is 2.52 bits per heavy atom. The highest BCUT2D eigenvalue weighted by Crippen LogP contribution is 2.20. The molecule has 1 aromatic heterocycles. The molecule has 2 N–H and O–H groups in total. The monoisotopic (exact) mass is 367 g/mol. The van der Waals surface area contributed by atoms with Crippen LogP contribution in [-0.2, 0) is 0 Å². The van der Waals surface area contributed by atoms with E-state index in [1.165, 1.54) is 31.3 Å². The van der Waals surface area contributed by atoms with Crippen LogP contribution in [0.2, 0.25) is 0 Å². The van der Waals surface area contributed by atoms with E-state index in [0.29, 0.717) is 11.3 Å². The minimum atomic E-state index is -0.771. The van der Waals surface area contributed by atoms with E-state index in [1.807, 2.05) is 0 Å². The van der Waals surface area contributed by atoms with Gasteiger partial charge in [-0.3, -0.25) is 9.59 Å². The van der Waals surface area contributed by atoms with Crippen molar-refractivity contribution in [1.82, 2.24) is 4.98 Å². The van der Waals surface area contributed by atoms with Gasteiger partial charge in [0.05, 0.1) is 5.69 Å². The number of hydrogen-bond donors (Lipinski definition) is 2. The molecule has 0 aliphatic rings. The number of amides is 1. The van der Waals surface area contributed by atoms with Crippen molar-refractivity contribution in [2.75, 3.05) is 10.6 Å². The number of carbonyl (C=O) groups excluding carboxylic acids is 2. The molecule has 0 spiro atoms. The highest BCUT2D eigenvalue weighted by atomic mass is 19.1. The molecule has 0 atom stereocenters. The summed E-state index contributed by atoms with van der Waals surface area (Å²) in [5, 5.41) is 5.40. The number of halogens is 2. The average molecular weight is 367 g/mol. The maximum atomic E-state index is 13.7. The molecule has 5 nitrogen and oxygen atoms in total. The van der Waals surface area contributed by atoms with Gasteiger partial charge < -0.3 is 10.6 Å². The van der Waals surface area contributed by atoms with Crippen molar-refractivity contribution in [3.63, 3.8) is 0 Å². The smallest absolute Gasteiger partial charge is 0.255 e. The van der Waals surface area contributed by atoms with Crippen molar-refractivity contribution in [3.8, 4) is 0 Å². The summed E-state index contributed by atoms with van der Waals surface area (Å²) in [7, 11) is 0. The van der Waals surface area contributed by atoms with Crippen molar-refractivity contribution >= 4 is 28.9 Å². The highest BCUT2D eigenvalue weighted by molar-refractivity contribution is 6.05. The Bertz CT molecular complexity index is 1020. The number of carbonyl (C=O) groups is 2. The first-order chi connectivity index (χ1) is 12.9. The number of Topliss-reactive ketones (excluding diaryl/α,β-unsaturated/α-hetero) is 1. The van der Waals surface area contributed by atoms with E-state index in [2.05, 4.69) is 15.6 Å². The van der Waals surface area contributed by atoms with Gasteiger partial charge in [-0.25, -0.2) is 13.8 Å². The highest BCUT2D eigenvalue weighted by Gasteiger charge is 2.10. The molecular formula is C20H15F2N3O2. The molecule has 0 fully saturated rings. The molecule has 1 heterocycles. The van der Waals surface area contributed by atoms with Crippen LogP contribution in [0, 0.1) is 11.6 Å². The fourth-order valence-corrected chi connectivity index (χ4v) is 2.39. The number of hydrogen-bond acceptors (Lipinski definition) is 4. The van der Waals surface area contributed by atoms with Crippen molar-refractivity contribution < 1.29 is 18.4 Å². The van der Waals surface area contributed by atoms with Crippen LogP contribution in [0.25, 0.3) is 0 Å². The Hall–Kier alpha value is -3.61. The first kappa shape index (κ1) is 18.2. The minimum absolute atomic E-state index is 0.0376. The summed E-state index contributed by atoms with van der Waals surface area (Å²) in [6, 6.07) is 12.6. The number of benzene rings is 2. The van der Waals surface area contributed by atoms with Crippen LogP contribution in [0.15, 0.2) is 60.8 Å². The maximum absolute atomic E-state index is 13.7. The molecule has 27 heavy (non-hydrogen) atoms. The lowest BCUT2D eigenvalue weighted by atomic mass is 10.1. The van der Waals surface area contributed by atoms with E-state index in [1.54, 1.807) is 24.3 Å². The van der Waals surface area contributed by atoms with Gasteiger partial charge >= 0.3 is 0 Å². The summed E-state index contributed by atoms with van der Waals surface area (Å²) in [5.41, 5.74) is 1.28. The topological polar surface area (TPSA) is 71.1 Å². The SMILES string of the molecule is CC(=O)c1cccc(NC(=O)c2ccnc(Nc3ccc(F)cc3F)c2)c1. The quantitative estimate of drug-likeness (QED) is 0.649. The predicted molar refractivity (Wildman–Crippen MR) is 98.3 cm³/mol. The third kappa shape index (κ3) is 4.52. The van der Waals surface area contributed by atoms with Crippen molar-refractivity contribution in [1.29, 1.82) is 0 Å². The minimum Gasteiger partial charge on any atom is -0.338 e. The molecule has 3 aromatic rings. The Labute approximate surface area is 154 Å². The Balaban J connectivity index is 1.77. The van der Waals surface area contributed by atoms with Crippen LogP contribution < -0.4 is 10.6 Å². The lowest BCUT2D eigenvalue weighted by Crippen LogP contribution is -2.13. The van der Waals surface area contributed by atoms with Gasteiger partial charge in [0.15, 0.2) is 5.78 Å². The normalized spacial score (nSPS) is 10.3. The summed E-state index contributed by atoms with van der Waals surface area (Å²) in [6.07, 6.45) is 1.39. The fourth-order valence-electron chi connectivity index (χ4n) is 2.39. The van der Waals surface area contributed by atoms with Gasteiger partial charge in [0.2, 0.25) is 0 Å². The lowest BCUT2D eigenvalue weighted by molar-refractivity contribution is 0.101. The zero-order valence-electron chi connectivity index (χ0n) is 14.3. The molecule has 0 bridgehead atoms. The van der Waals surface area contributed by atoms with Gasteiger partial charge in [0.1, 0.15) is 17.5 Å². The molecule has 1 amide bonds. The molecule has 0 aliphatic carbocycles. The van der Waals surface area contributed by atoms with E-state index < -0.39 is 17.5 Å². The zero-order chi connectivity index (χ0) is 19.4. The second-order valence-corrected chi connectivity index (χ2v) is 5.77. The number of nitrogens with zero attached hydrogens (tertiary/aromatic N) is 1. The molecule has 7 heteroatoms. The first-order valence-electron chi connectivity index (χ1n) is 8.03. The van der Waals surface area contributed by atoms with Gasteiger partial charge in [-0.15, -0.1) is 0 Å². The summed E-state index contributed by atoms with van der Waals surface area (Å²) >= 11 is 0. The van der Waals surface area contributed by atoms with Crippen LogP contribution in [-0.4, -0.2) is 16.7 Å². The standard InChI is InChI=1S/C20H15F2N3O2/c1-12(26)13-3-2-4-16(9-13)24-20(27)14-7-8-23-19(10-14)25-18-6-5-15(21)11-17(18)22/h2-11H,1H3,(H,23,25)(H,24,27). The number of aromatic nitrogens is 1. The third-order valence-corrected chi connectivity index (χ3v) is 3.74. The van der Waals surface area contributed by atoms with E-state index in [4.69, 9.17) is 0 Å². The fraction of sp³-hybridized carbons (Fsp3) is 0.0500. The van der Waals surface area contributed by atoms with E-state index in [0.717, 1.165) is 12.1 Å². The van der Waals surface area contributed by atoms with Crippen LogP contribution in [0.3, 0.4) is 0 Å². The molecule has 136 valence electrons.